The first kappa shape index (κ1) is 15.4. The lowest BCUT2D eigenvalue weighted by Crippen LogP contribution is -2.41. The summed E-state index contributed by atoms with van der Waals surface area (Å²) in [5, 5.41) is 16.9. The summed E-state index contributed by atoms with van der Waals surface area (Å²) in [6, 6.07) is 0. The molecule has 0 atom stereocenters. The van der Waals surface area contributed by atoms with Gasteiger partial charge in [-0.1, -0.05) is 13.8 Å². The van der Waals surface area contributed by atoms with E-state index >= 15 is 0 Å². The summed E-state index contributed by atoms with van der Waals surface area (Å²) in [5.41, 5.74) is 1.11. The van der Waals surface area contributed by atoms with Crippen molar-refractivity contribution in [3.63, 3.8) is 0 Å². The molecule has 5 nitrogen and oxygen atoms in total. The smallest absolute Gasteiger partial charge is 0.244 e. The summed E-state index contributed by atoms with van der Waals surface area (Å²) in [6.07, 6.45) is 6.16. The summed E-state index contributed by atoms with van der Waals surface area (Å²) >= 11 is 0. The van der Waals surface area contributed by atoms with Crippen LogP contribution in [0.25, 0.3) is 6.08 Å². The third-order valence-electron chi connectivity index (χ3n) is 3.60. The molecule has 0 saturated heterocycles. The SMILES string of the molecule is CCC(O)(CC)CNC(=O)/C=C/c1cnn(C)c1C. The van der Waals surface area contributed by atoms with E-state index in [2.05, 4.69) is 10.4 Å². The Hall–Kier alpha value is -1.62. The lowest BCUT2D eigenvalue weighted by molar-refractivity contribution is -0.117. The maximum absolute atomic E-state index is 11.7. The van der Waals surface area contributed by atoms with Crippen molar-refractivity contribution in [2.24, 2.45) is 7.05 Å². The van der Waals surface area contributed by atoms with Crippen LogP contribution >= 0.6 is 0 Å². The van der Waals surface area contributed by atoms with Gasteiger partial charge in [0.1, 0.15) is 0 Å². The van der Waals surface area contributed by atoms with Crippen molar-refractivity contribution >= 4 is 12.0 Å². The molecular formula is C14H23N3O2. The molecule has 1 heterocycles. The third kappa shape index (κ3) is 4.21. The Balaban J connectivity index is 2.54. The van der Waals surface area contributed by atoms with Crippen molar-refractivity contribution in [1.82, 2.24) is 15.1 Å². The fourth-order valence-electron chi connectivity index (χ4n) is 1.66. The van der Waals surface area contributed by atoms with E-state index in [-0.39, 0.29) is 12.5 Å². The van der Waals surface area contributed by atoms with Gasteiger partial charge in [-0.2, -0.15) is 5.10 Å². The third-order valence-corrected chi connectivity index (χ3v) is 3.60. The Bertz CT molecular complexity index is 459. The average Bonchev–Trinajstić information content (AvgIpc) is 2.74. The number of aryl methyl sites for hydroxylation is 1. The van der Waals surface area contributed by atoms with Crippen LogP contribution < -0.4 is 5.32 Å². The highest BCUT2D eigenvalue weighted by Gasteiger charge is 2.22. The van der Waals surface area contributed by atoms with Crippen molar-refractivity contribution in [1.29, 1.82) is 0 Å². The Kier molecular flexibility index (Phi) is 5.30. The Morgan fingerprint density at radius 3 is 2.63 bits per heavy atom. The minimum atomic E-state index is -0.812. The quantitative estimate of drug-likeness (QED) is 0.764. The molecule has 0 radical (unpaired) electrons. The molecule has 106 valence electrons. The van der Waals surface area contributed by atoms with Gasteiger partial charge in [-0.3, -0.25) is 9.48 Å². The van der Waals surface area contributed by atoms with Gasteiger partial charge in [-0.15, -0.1) is 0 Å². The number of carbonyl (C=O) groups excluding carboxylic acids is 1. The van der Waals surface area contributed by atoms with Crippen LogP contribution in [0.15, 0.2) is 12.3 Å². The lowest BCUT2D eigenvalue weighted by atomic mass is 9.98. The minimum Gasteiger partial charge on any atom is -0.388 e. The number of hydrogen-bond acceptors (Lipinski definition) is 3. The van der Waals surface area contributed by atoms with Gasteiger partial charge >= 0.3 is 0 Å². The largest absolute Gasteiger partial charge is 0.388 e. The van der Waals surface area contributed by atoms with E-state index in [9.17, 15) is 9.90 Å². The summed E-state index contributed by atoms with van der Waals surface area (Å²) < 4.78 is 1.75. The van der Waals surface area contributed by atoms with Crippen LogP contribution in [0.2, 0.25) is 0 Å². The molecule has 1 aromatic rings. The molecule has 0 bridgehead atoms. The fraction of sp³-hybridized carbons (Fsp3) is 0.571. The zero-order valence-corrected chi connectivity index (χ0v) is 12.1. The van der Waals surface area contributed by atoms with E-state index in [0.717, 1.165) is 11.3 Å². The van der Waals surface area contributed by atoms with Crippen molar-refractivity contribution in [3.8, 4) is 0 Å². The molecule has 0 aromatic carbocycles. The summed E-state index contributed by atoms with van der Waals surface area (Å²) in [5.74, 6) is -0.205. The second kappa shape index (κ2) is 6.52. The lowest BCUT2D eigenvalue weighted by Gasteiger charge is -2.24. The van der Waals surface area contributed by atoms with Crippen molar-refractivity contribution in [3.05, 3.63) is 23.5 Å². The van der Waals surface area contributed by atoms with Gasteiger partial charge < -0.3 is 10.4 Å². The predicted molar refractivity (Wildman–Crippen MR) is 75.5 cm³/mol. The van der Waals surface area contributed by atoms with Crippen LogP contribution in [-0.4, -0.2) is 32.9 Å². The van der Waals surface area contributed by atoms with Gasteiger partial charge in [0.15, 0.2) is 0 Å². The van der Waals surface area contributed by atoms with Gasteiger partial charge in [0, 0.05) is 30.9 Å². The number of aliphatic hydroxyl groups is 1. The monoisotopic (exact) mass is 265 g/mol. The number of amides is 1. The molecule has 0 aliphatic carbocycles. The van der Waals surface area contributed by atoms with Gasteiger partial charge in [0.2, 0.25) is 5.91 Å². The normalized spacial score (nSPS) is 12.1. The number of carbonyl (C=O) groups is 1. The van der Waals surface area contributed by atoms with Gasteiger partial charge in [0.05, 0.1) is 11.8 Å². The second-order valence-corrected chi connectivity index (χ2v) is 4.79. The molecular weight excluding hydrogens is 242 g/mol. The molecule has 1 aromatic heterocycles. The summed E-state index contributed by atoms with van der Waals surface area (Å²) in [6.45, 7) is 6.03. The summed E-state index contributed by atoms with van der Waals surface area (Å²) in [4.78, 5) is 11.7. The summed E-state index contributed by atoms with van der Waals surface area (Å²) in [7, 11) is 1.86. The first-order valence-corrected chi connectivity index (χ1v) is 6.58. The molecule has 5 heteroatoms. The van der Waals surface area contributed by atoms with E-state index in [0.29, 0.717) is 12.8 Å². The molecule has 0 saturated carbocycles. The van der Waals surface area contributed by atoms with Crippen molar-refractivity contribution < 1.29 is 9.90 Å². The van der Waals surface area contributed by atoms with E-state index in [1.807, 2.05) is 27.8 Å². The molecule has 0 spiro atoms. The molecule has 0 aliphatic heterocycles. The molecule has 2 N–H and O–H groups in total. The molecule has 1 rings (SSSR count). The Labute approximate surface area is 114 Å². The molecule has 0 fully saturated rings. The molecule has 1 amide bonds. The first-order valence-electron chi connectivity index (χ1n) is 6.58. The van der Waals surface area contributed by atoms with Crippen LogP contribution in [0.4, 0.5) is 0 Å². The number of rotatable bonds is 6. The number of hydrogen-bond donors (Lipinski definition) is 2. The zero-order chi connectivity index (χ0) is 14.5. The minimum absolute atomic E-state index is 0.205. The standard InChI is InChI=1S/C14H23N3O2/c1-5-14(19,6-2)10-15-13(18)8-7-12-9-16-17(4)11(12)3/h7-9,19H,5-6,10H2,1-4H3,(H,15,18)/b8-7+. The van der Waals surface area contributed by atoms with Gasteiger partial charge in [-0.25, -0.2) is 0 Å². The van der Waals surface area contributed by atoms with E-state index < -0.39 is 5.60 Å². The van der Waals surface area contributed by atoms with E-state index in [4.69, 9.17) is 0 Å². The maximum Gasteiger partial charge on any atom is 0.244 e. The van der Waals surface area contributed by atoms with E-state index in [1.165, 1.54) is 6.08 Å². The van der Waals surface area contributed by atoms with Crippen molar-refractivity contribution in [2.75, 3.05) is 6.54 Å². The Morgan fingerprint density at radius 1 is 1.53 bits per heavy atom. The highest BCUT2D eigenvalue weighted by molar-refractivity contribution is 5.91. The van der Waals surface area contributed by atoms with Gasteiger partial charge in [-0.05, 0) is 25.8 Å². The second-order valence-electron chi connectivity index (χ2n) is 4.79. The van der Waals surface area contributed by atoms with Crippen LogP contribution in [0.1, 0.15) is 37.9 Å². The van der Waals surface area contributed by atoms with Gasteiger partial charge in [0.25, 0.3) is 0 Å². The number of nitrogens with zero attached hydrogens (tertiary/aromatic N) is 2. The van der Waals surface area contributed by atoms with Crippen molar-refractivity contribution in [2.45, 2.75) is 39.2 Å². The highest BCUT2D eigenvalue weighted by atomic mass is 16.3. The topological polar surface area (TPSA) is 67.2 Å². The predicted octanol–water partition coefficient (Wildman–Crippen LogP) is 1.41. The average molecular weight is 265 g/mol. The highest BCUT2D eigenvalue weighted by Crippen LogP contribution is 2.13. The molecule has 0 aliphatic rings. The number of aromatic nitrogens is 2. The van der Waals surface area contributed by atoms with Crippen LogP contribution in [0.3, 0.4) is 0 Å². The van der Waals surface area contributed by atoms with Crippen LogP contribution in [-0.2, 0) is 11.8 Å². The van der Waals surface area contributed by atoms with Crippen LogP contribution in [0.5, 0.6) is 0 Å². The Morgan fingerprint density at radius 2 is 2.16 bits per heavy atom. The first-order chi connectivity index (χ1) is 8.91. The maximum atomic E-state index is 11.7. The zero-order valence-electron chi connectivity index (χ0n) is 12.1. The number of nitrogens with one attached hydrogen (secondary N) is 1. The van der Waals surface area contributed by atoms with Crippen LogP contribution in [0, 0.1) is 6.92 Å². The molecule has 0 unspecified atom stereocenters. The molecule has 19 heavy (non-hydrogen) atoms. The fourth-order valence-corrected chi connectivity index (χ4v) is 1.66. The van der Waals surface area contributed by atoms with E-state index in [1.54, 1.807) is 17.0 Å².